The molecule has 2 aromatic carbocycles. The molecule has 8 rings (SSSR count). The second-order valence-corrected chi connectivity index (χ2v) is 14.5. The summed E-state index contributed by atoms with van der Waals surface area (Å²) in [6.07, 6.45) is 8.22. The number of nitrogens with one attached hydrogen (secondary N) is 2. The lowest BCUT2D eigenvalue weighted by atomic mass is 10.0. The molecule has 2 aromatic heterocycles. The van der Waals surface area contributed by atoms with Crippen molar-refractivity contribution in [3.05, 3.63) is 72.8 Å². The third-order valence-electron chi connectivity index (χ3n) is 10.6. The number of anilines is 4. The molecule has 4 aliphatic rings. The molecule has 4 aromatic rings. The van der Waals surface area contributed by atoms with Gasteiger partial charge in [0.15, 0.2) is 0 Å². The van der Waals surface area contributed by atoms with E-state index in [4.69, 9.17) is 9.47 Å². The van der Waals surface area contributed by atoms with Gasteiger partial charge in [-0.1, -0.05) is 5.21 Å². The SMILES string of the molecule is CC(=O)NC[C@H]1CN(c2ccc(N3CCC(n4ccnn4)CC3)c(F)c2)C(=O)O1.CC(=O)NC[C@H]1CN(c2ccc(N3CCC(n4nccn4)CC3)c(F)c2)C(=O)O1. The van der Waals surface area contributed by atoms with Gasteiger partial charge in [-0.15, -0.1) is 5.10 Å². The van der Waals surface area contributed by atoms with Crippen molar-refractivity contribution in [2.75, 3.05) is 72.0 Å². The zero-order chi connectivity index (χ0) is 40.8. The highest BCUT2D eigenvalue weighted by Gasteiger charge is 2.35. The molecule has 308 valence electrons. The molecule has 2 N–H and O–H groups in total. The Morgan fingerprint density at radius 3 is 1.59 bits per heavy atom. The minimum absolute atomic E-state index is 0.192. The van der Waals surface area contributed by atoms with Crippen molar-refractivity contribution >= 4 is 46.8 Å². The standard InChI is InChI=1S/2C19H23FN6O3/c1-13(27)21-11-16-12-25(19(28)29-16)15-2-3-18(17(20)10-15)24-8-4-14(5-9-24)26-22-6-7-23-26;1-13(27)21-11-16-12-25(19(28)29-16)15-2-3-18(17(20)10-15)24-7-4-14(5-8-24)26-9-6-22-23-26/h2-3,6-7,10,14,16H,4-5,8-9,11-12H2,1H3,(H,21,27);2-3,6,9-10,14,16H,4-5,7-8,11-12H2,1H3,(H,21,27)/t2*16-/m00/s1. The van der Waals surface area contributed by atoms with Crippen LogP contribution >= 0.6 is 0 Å². The Labute approximate surface area is 333 Å². The number of hydrogen-bond acceptors (Lipinski definition) is 12. The molecule has 4 aliphatic heterocycles. The van der Waals surface area contributed by atoms with Gasteiger partial charge in [-0.2, -0.15) is 15.0 Å². The fraction of sp³-hybridized carbons (Fsp3) is 0.474. The number of nitrogens with zero attached hydrogens (tertiary/aromatic N) is 10. The number of cyclic esters (lactones) is 2. The molecule has 0 spiro atoms. The quantitative estimate of drug-likeness (QED) is 0.239. The average molecular weight is 805 g/mol. The lowest BCUT2D eigenvalue weighted by molar-refractivity contribution is -0.120. The molecule has 20 heteroatoms. The highest BCUT2D eigenvalue weighted by molar-refractivity contribution is 5.91. The van der Waals surface area contributed by atoms with Gasteiger partial charge in [-0.25, -0.2) is 23.1 Å². The molecular formula is C38H46F2N12O6. The Morgan fingerprint density at radius 2 is 1.17 bits per heavy atom. The van der Waals surface area contributed by atoms with Crippen LogP contribution in [-0.4, -0.2) is 119 Å². The first-order valence-corrected chi connectivity index (χ1v) is 19.3. The number of aromatic nitrogens is 6. The van der Waals surface area contributed by atoms with E-state index in [2.05, 4.69) is 31.1 Å². The fourth-order valence-corrected chi connectivity index (χ4v) is 7.57. The average Bonchev–Trinajstić information content (AvgIpc) is 4.06. The van der Waals surface area contributed by atoms with Crippen molar-refractivity contribution < 1.29 is 37.4 Å². The second kappa shape index (κ2) is 17.9. The highest BCUT2D eigenvalue weighted by Crippen LogP contribution is 2.33. The van der Waals surface area contributed by atoms with Crippen LogP contribution in [0.2, 0.25) is 0 Å². The maximum Gasteiger partial charge on any atom is 0.414 e. The van der Waals surface area contributed by atoms with Crippen molar-refractivity contribution in [3.8, 4) is 0 Å². The Hall–Kier alpha value is -6.34. The van der Waals surface area contributed by atoms with Crippen molar-refractivity contribution in [3.63, 3.8) is 0 Å². The van der Waals surface area contributed by atoms with Gasteiger partial charge in [0, 0.05) is 46.2 Å². The van der Waals surface area contributed by atoms with Crippen molar-refractivity contribution in [2.24, 2.45) is 0 Å². The second-order valence-electron chi connectivity index (χ2n) is 14.5. The third-order valence-corrected chi connectivity index (χ3v) is 10.6. The van der Waals surface area contributed by atoms with Crippen LogP contribution in [0.5, 0.6) is 0 Å². The van der Waals surface area contributed by atoms with Gasteiger partial charge in [-0.3, -0.25) is 19.4 Å². The highest BCUT2D eigenvalue weighted by atomic mass is 19.1. The Balaban J connectivity index is 0.000000177. The van der Waals surface area contributed by atoms with Crippen LogP contribution in [0.15, 0.2) is 61.2 Å². The van der Waals surface area contributed by atoms with Crippen LogP contribution in [0.3, 0.4) is 0 Å². The lowest BCUT2D eigenvalue weighted by Crippen LogP contribution is -2.36. The molecule has 0 radical (unpaired) electrons. The van der Waals surface area contributed by atoms with E-state index in [-0.39, 0.29) is 61.7 Å². The summed E-state index contributed by atoms with van der Waals surface area (Å²) in [5.74, 6) is -1.14. The summed E-state index contributed by atoms with van der Waals surface area (Å²) < 4.78 is 42.0. The summed E-state index contributed by atoms with van der Waals surface area (Å²) >= 11 is 0. The summed E-state index contributed by atoms with van der Waals surface area (Å²) in [4.78, 5) is 54.8. The van der Waals surface area contributed by atoms with Crippen LogP contribution < -0.4 is 30.2 Å². The maximum absolute atomic E-state index is 14.8. The van der Waals surface area contributed by atoms with Crippen LogP contribution in [0.4, 0.5) is 41.1 Å². The number of ether oxygens (including phenoxy) is 2. The zero-order valence-electron chi connectivity index (χ0n) is 32.2. The van der Waals surface area contributed by atoms with Crippen LogP contribution in [0.25, 0.3) is 0 Å². The van der Waals surface area contributed by atoms with Gasteiger partial charge in [-0.05, 0) is 62.1 Å². The van der Waals surface area contributed by atoms with Gasteiger partial charge in [0.2, 0.25) is 11.8 Å². The van der Waals surface area contributed by atoms with Crippen molar-refractivity contribution in [1.82, 2.24) is 40.6 Å². The number of carbonyl (C=O) groups is 4. The van der Waals surface area contributed by atoms with Crippen LogP contribution in [-0.2, 0) is 19.1 Å². The smallest absolute Gasteiger partial charge is 0.414 e. The minimum atomic E-state index is -0.542. The van der Waals surface area contributed by atoms with Gasteiger partial charge in [0.25, 0.3) is 0 Å². The molecule has 2 atom stereocenters. The van der Waals surface area contributed by atoms with Gasteiger partial charge >= 0.3 is 12.2 Å². The van der Waals surface area contributed by atoms with E-state index in [1.165, 1.54) is 35.8 Å². The number of carbonyl (C=O) groups excluding carboxylic acids is 4. The van der Waals surface area contributed by atoms with E-state index < -0.39 is 24.4 Å². The first-order valence-electron chi connectivity index (χ1n) is 19.3. The predicted molar refractivity (Wildman–Crippen MR) is 206 cm³/mol. The number of hydrogen-bond donors (Lipinski definition) is 2. The molecule has 0 saturated carbocycles. The van der Waals surface area contributed by atoms with E-state index in [0.717, 1.165) is 25.7 Å². The Kier molecular flexibility index (Phi) is 12.3. The molecule has 18 nitrogen and oxygen atoms in total. The Bertz CT molecular complexity index is 1910. The molecule has 0 aliphatic carbocycles. The predicted octanol–water partition coefficient (Wildman–Crippen LogP) is 3.44. The Morgan fingerprint density at radius 1 is 0.707 bits per heavy atom. The minimum Gasteiger partial charge on any atom is -0.442 e. The van der Waals surface area contributed by atoms with E-state index in [1.807, 2.05) is 20.7 Å². The van der Waals surface area contributed by atoms with Crippen molar-refractivity contribution in [2.45, 2.75) is 63.8 Å². The number of rotatable bonds is 10. The monoisotopic (exact) mass is 804 g/mol. The summed E-state index contributed by atoms with van der Waals surface area (Å²) in [5.41, 5.74) is 1.92. The fourth-order valence-electron chi connectivity index (χ4n) is 7.57. The van der Waals surface area contributed by atoms with E-state index in [9.17, 15) is 28.0 Å². The molecule has 4 fully saturated rings. The van der Waals surface area contributed by atoms with Gasteiger partial charge in [0.1, 0.15) is 23.8 Å². The molecule has 4 saturated heterocycles. The molecular weight excluding hydrogens is 758 g/mol. The van der Waals surface area contributed by atoms with Crippen LogP contribution in [0, 0.1) is 11.6 Å². The first kappa shape index (κ1) is 39.9. The number of amides is 4. The summed E-state index contributed by atoms with van der Waals surface area (Å²) in [5, 5.41) is 21.5. The molecule has 0 bridgehead atoms. The summed E-state index contributed by atoms with van der Waals surface area (Å²) in [7, 11) is 0. The summed E-state index contributed by atoms with van der Waals surface area (Å²) in [6, 6.07) is 10.1. The van der Waals surface area contributed by atoms with E-state index in [0.29, 0.717) is 48.9 Å². The van der Waals surface area contributed by atoms with Gasteiger partial charge < -0.3 is 29.9 Å². The normalized spacial score (nSPS) is 20.1. The van der Waals surface area contributed by atoms with Crippen LogP contribution in [0.1, 0.15) is 51.6 Å². The molecule has 6 heterocycles. The van der Waals surface area contributed by atoms with Gasteiger partial charge in [0.05, 0.1) is 79.6 Å². The molecule has 0 unspecified atom stereocenters. The van der Waals surface area contributed by atoms with E-state index in [1.54, 1.807) is 47.7 Å². The maximum atomic E-state index is 14.8. The van der Waals surface area contributed by atoms with Crippen molar-refractivity contribution in [1.29, 1.82) is 0 Å². The zero-order valence-corrected chi connectivity index (χ0v) is 32.2. The molecule has 4 amide bonds. The van der Waals surface area contributed by atoms with E-state index >= 15 is 0 Å². The summed E-state index contributed by atoms with van der Waals surface area (Å²) in [6.45, 7) is 6.63. The number of benzene rings is 2. The number of halogens is 2. The third kappa shape index (κ3) is 9.43. The molecule has 58 heavy (non-hydrogen) atoms. The topological polar surface area (TPSA) is 185 Å². The first-order chi connectivity index (χ1) is 28.0. The number of piperidine rings is 2. The lowest BCUT2D eigenvalue weighted by Gasteiger charge is -2.33. The largest absolute Gasteiger partial charge is 0.442 e.